The molecule has 36 heavy (non-hydrogen) atoms. The Balaban J connectivity index is 0.000000383. The van der Waals surface area contributed by atoms with Gasteiger partial charge in [0.05, 0.1) is 11.4 Å². The second kappa shape index (κ2) is 14.2. The molecule has 0 heterocycles. The minimum absolute atomic E-state index is 0.0560. The monoisotopic (exact) mass is 490 g/mol. The van der Waals surface area contributed by atoms with Crippen LogP contribution in [0.4, 0.5) is 22.7 Å². The highest BCUT2D eigenvalue weighted by Crippen LogP contribution is 2.30. The molecule has 192 valence electrons. The average Bonchev–Trinajstić information content (AvgIpc) is 2.90. The van der Waals surface area contributed by atoms with Gasteiger partial charge >= 0.3 is 0 Å². The minimum Gasteiger partial charge on any atom is -0.399 e. The highest BCUT2D eigenvalue weighted by Gasteiger charge is 2.21. The van der Waals surface area contributed by atoms with E-state index in [9.17, 15) is 14.4 Å². The quantitative estimate of drug-likeness (QED) is 0.252. The van der Waals surface area contributed by atoms with Crippen LogP contribution in [0.25, 0.3) is 0 Å². The van der Waals surface area contributed by atoms with Crippen LogP contribution in [0, 0.1) is 11.8 Å². The van der Waals surface area contributed by atoms with Gasteiger partial charge in [-0.1, -0.05) is 50.7 Å². The number of amides is 2. The lowest BCUT2D eigenvalue weighted by Gasteiger charge is -2.21. The molecule has 2 aliphatic rings. The number of hydrogen-bond acceptors (Lipinski definition) is 5. The molecule has 0 bridgehead atoms. The number of nitrogens with zero attached hydrogens (tertiary/aromatic N) is 1. The fourth-order valence-electron chi connectivity index (χ4n) is 4.62. The number of rotatable bonds is 6. The van der Waals surface area contributed by atoms with E-state index in [1.807, 2.05) is 12.1 Å². The van der Waals surface area contributed by atoms with Crippen LogP contribution in [0.1, 0.15) is 76.7 Å². The van der Waals surface area contributed by atoms with Crippen molar-refractivity contribution in [1.82, 2.24) is 0 Å². The van der Waals surface area contributed by atoms with E-state index < -0.39 is 0 Å². The second-order valence-electron chi connectivity index (χ2n) is 9.70. The summed E-state index contributed by atoms with van der Waals surface area (Å²) in [4.78, 5) is 38.7. The Hall–Kier alpha value is -3.48. The number of aldehydes is 1. The molecule has 0 atom stereocenters. The smallest absolute Gasteiger partial charge is 0.227 e. The van der Waals surface area contributed by atoms with E-state index in [4.69, 9.17) is 5.73 Å². The van der Waals surface area contributed by atoms with Gasteiger partial charge in [-0.2, -0.15) is 0 Å². The first-order valence-corrected chi connectivity index (χ1v) is 13.0. The summed E-state index contributed by atoms with van der Waals surface area (Å²) in [5.74, 6) is 0.359. The van der Waals surface area contributed by atoms with Gasteiger partial charge in [0.15, 0.2) is 0 Å². The lowest BCUT2D eigenvalue weighted by Crippen LogP contribution is -2.24. The van der Waals surface area contributed by atoms with Crippen LogP contribution in [0.3, 0.4) is 0 Å². The van der Waals surface area contributed by atoms with Crippen LogP contribution < -0.4 is 16.4 Å². The van der Waals surface area contributed by atoms with Gasteiger partial charge in [0.2, 0.25) is 11.8 Å². The van der Waals surface area contributed by atoms with E-state index >= 15 is 0 Å². The molecule has 2 amide bonds. The number of nitrogens with one attached hydrogen (secondary N) is 2. The fourth-order valence-corrected chi connectivity index (χ4v) is 4.62. The highest BCUT2D eigenvalue weighted by molar-refractivity contribution is 5.97. The number of nitrogens with two attached hydrogens (primary N) is 1. The molecule has 0 aromatic heterocycles. The first kappa shape index (κ1) is 27.1. The Morgan fingerprint density at radius 3 is 2.11 bits per heavy atom. The van der Waals surface area contributed by atoms with E-state index in [1.54, 1.807) is 36.5 Å². The molecule has 2 aliphatic carbocycles. The van der Waals surface area contributed by atoms with Crippen molar-refractivity contribution >= 4 is 47.1 Å². The van der Waals surface area contributed by atoms with Crippen LogP contribution in [0.2, 0.25) is 0 Å². The summed E-state index contributed by atoms with van der Waals surface area (Å²) < 4.78 is 0. The number of aliphatic imine (C=N–C) groups is 1. The Bertz CT molecular complexity index is 1040. The fraction of sp³-hybridized carbons (Fsp3) is 0.448. The molecule has 0 saturated heterocycles. The van der Waals surface area contributed by atoms with Crippen LogP contribution >= 0.6 is 0 Å². The maximum Gasteiger partial charge on any atom is 0.227 e. The van der Waals surface area contributed by atoms with Gasteiger partial charge in [0, 0.05) is 36.3 Å². The zero-order valence-electron chi connectivity index (χ0n) is 21.2. The molecular formula is C29H38N4O3. The van der Waals surface area contributed by atoms with Gasteiger partial charge < -0.3 is 21.2 Å². The van der Waals surface area contributed by atoms with E-state index in [0.717, 1.165) is 50.4 Å². The SMILES string of the molecule is CC(=O)Nc1ccc(NC(=O)C2CCCCC2)cc1N=Cc1ccc(N)cc1.O=CC1CCCCC1. The highest BCUT2D eigenvalue weighted by atomic mass is 16.2. The first-order valence-electron chi connectivity index (χ1n) is 13.0. The van der Waals surface area contributed by atoms with Crippen molar-refractivity contribution in [2.45, 2.75) is 71.1 Å². The van der Waals surface area contributed by atoms with Gasteiger partial charge in [-0.15, -0.1) is 0 Å². The summed E-state index contributed by atoms with van der Waals surface area (Å²) in [6, 6.07) is 12.7. The van der Waals surface area contributed by atoms with Crippen molar-refractivity contribution in [3.8, 4) is 0 Å². The zero-order chi connectivity index (χ0) is 25.8. The Labute approximate surface area is 214 Å². The van der Waals surface area contributed by atoms with Gasteiger partial charge in [-0.3, -0.25) is 14.6 Å². The predicted octanol–water partition coefficient (Wildman–Crippen LogP) is 6.26. The van der Waals surface area contributed by atoms with E-state index in [1.165, 1.54) is 32.6 Å². The Kier molecular flexibility index (Phi) is 10.7. The number of anilines is 3. The van der Waals surface area contributed by atoms with Gasteiger partial charge in [-0.05, 0) is 61.6 Å². The molecule has 0 unspecified atom stereocenters. The van der Waals surface area contributed by atoms with Crippen LogP contribution in [-0.4, -0.2) is 24.3 Å². The normalized spacial score (nSPS) is 16.6. The predicted molar refractivity (Wildman–Crippen MR) is 147 cm³/mol. The second-order valence-corrected chi connectivity index (χ2v) is 9.70. The number of nitrogen functional groups attached to an aromatic ring is 1. The first-order chi connectivity index (χ1) is 17.4. The number of carbonyl (C=O) groups is 3. The minimum atomic E-state index is -0.178. The molecule has 2 saturated carbocycles. The summed E-state index contributed by atoms with van der Waals surface area (Å²) in [7, 11) is 0. The molecule has 2 aromatic rings. The third kappa shape index (κ3) is 8.95. The number of carbonyl (C=O) groups excluding carboxylic acids is 3. The molecule has 0 aliphatic heterocycles. The van der Waals surface area contributed by atoms with Crippen molar-refractivity contribution in [1.29, 1.82) is 0 Å². The van der Waals surface area contributed by atoms with Gasteiger partial charge in [0.1, 0.15) is 6.29 Å². The topological polar surface area (TPSA) is 114 Å². The van der Waals surface area contributed by atoms with E-state index in [2.05, 4.69) is 15.6 Å². The number of hydrogen-bond donors (Lipinski definition) is 3. The summed E-state index contributed by atoms with van der Waals surface area (Å²) in [6.45, 7) is 1.45. The maximum atomic E-state index is 12.5. The maximum absolute atomic E-state index is 12.5. The average molecular weight is 491 g/mol. The molecule has 7 nitrogen and oxygen atoms in total. The zero-order valence-corrected chi connectivity index (χ0v) is 21.2. The van der Waals surface area contributed by atoms with Crippen LogP contribution in [-0.2, 0) is 14.4 Å². The van der Waals surface area contributed by atoms with Crippen molar-refractivity contribution in [2.75, 3.05) is 16.4 Å². The summed E-state index contributed by atoms with van der Waals surface area (Å²) in [6.07, 6.45) is 14.3. The van der Waals surface area contributed by atoms with Crippen molar-refractivity contribution in [3.63, 3.8) is 0 Å². The number of benzene rings is 2. The molecule has 7 heteroatoms. The van der Waals surface area contributed by atoms with Crippen LogP contribution in [0.5, 0.6) is 0 Å². The molecule has 4 N–H and O–H groups in total. The Morgan fingerprint density at radius 1 is 0.889 bits per heavy atom. The third-order valence-corrected chi connectivity index (χ3v) is 6.68. The van der Waals surface area contributed by atoms with Crippen LogP contribution in [0.15, 0.2) is 47.5 Å². The largest absolute Gasteiger partial charge is 0.399 e. The standard InChI is InChI=1S/C22H26N4O2.C7H12O/c1-15(27)25-20-12-11-19(26-22(28)17-5-3-2-4-6-17)13-21(20)24-14-16-7-9-18(23)10-8-16;8-6-7-4-2-1-3-5-7/h7-14,17H,2-6,23H2,1H3,(H,25,27)(H,26,28);6-7H,1-5H2. The van der Waals surface area contributed by atoms with Gasteiger partial charge in [0.25, 0.3) is 0 Å². The summed E-state index contributed by atoms with van der Waals surface area (Å²) >= 11 is 0. The van der Waals surface area contributed by atoms with E-state index in [0.29, 0.717) is 28.7 Å². The molecule has 0 radical (unpaired) electrons. The molecule has 2 aromatic carbocycles. The summed E-state index contributed by atoms with van der Waals surface area (Å²) in [5.41, 5.74) is 9.13. The lowest BCUT2D eigenvalue weighted by atomic mass is 9.88. The molecule has 4 rings (SSSR count). The van der Waals surface area contributed by atoms with Crippen molar-refractivity contribution in [2.24, 2.45) is 16.8 Å². The van der Waals surface area contributed by atoms with Crippen molar-refractivity contribution < 1.29 is 14.4 Å². The van der Waals surface area contributed by atoms with Gasteiger partial charge in [-0.25, -0.2) is 0 Å². The molecular weight excluding hydrogens is 452 g/mol. The van der Waals surface area contributed by atoms with Crippen molar-refractivity contribution in [3.05, 3.63) is 48.0 Å². The van der Waals surface area contributed by atoms with E-state index in [-0.39, 0.29) is 17.7 Å². The third-order valence-electron chi connectivity index (χ3n) is 6.68. The molecule has 2 fully saturated rings. The Morgan fingerprint density at radius 2 is 1.53 bits per heavy atom. The molecule has 0 spiro atoms. The summed E-state index contributed by atoms with van der Waals surface area (Å²) in [5, 5.41) is 5.77. The lowest BCUT2D eigenvalue weighted by molar-refractivity contribution is -0.120.